The minimum atomic E-state index is -3.19. The maximum absolute atomic E-state index is 12.9. The Labute approximate surface area is 168 Å². The number of alkyl halides is 1. The lowest BCUT2D eigenvalue weighted by Crippen LogP contribution is -2.52. The lowest BCUT2D eigenvalue weighted by Gasteiger charge is -2.40. The summed E-state index contributed by atoms with van der Waals surface area (Å²) >= 11 is 0. The van der Waals surface area contributed by atoms with E-state index in [0.717, 1.165) is 31.6 Å². The van der Waals surface area contributed by atoms with Gasteiger partial charge in [0, 0.05) is 26.2 Å². The van der Waals surface area contributed by atoms with Gasteiger partial charge in [-0.15, -0.1) is 0 Å². The molecule has 0 aromatic carbocycles. The summed E-state index contributed by atoms with van der Waals surface area (Å²) in [5.41, 5.74) is 1.08. The fraction of sp³-hybridized carbons (Fsp3) is 0.700. The molecule has 3 rings (SSSR count). The Bertz CT molecular complexity index is 739. The lowest BCUT2D eigenvalue weighted by molar-refractivity contribution is 0.0315. The van der Waals surface area contributed by atoms with Gasteiger partial charge in [-0.2, -0.15) is 0 Å². The largest absolute Gasteiger partial charge is 0.476 e. The van der Waals surface area contributed by atoms with Crippen LogP contribution in [0.2, 0.25) is 0 Å². The molecule has 2 aliphatic rings. The van der Waals surface area contributed by atoms with Gasteiger partial charge in [-0.25, -0.2) is 9.37 Å². The zero-order chi connectivity index (χ0) is 21.9. The van der Waals surface area contributed by atoms with Crippen LogP contribution in [0.4, 0.5) is 10.1 Å². The van der Waals surface area contributed by atoms with E-state index in [9.17, 15) is 9.18 Å². The van der Waals surface area contributed by atoms with Gasteiger partial charge in [0.1, 0.15) is 11.4 Å². The quantitative estimate of drug-likeness (QED) is 0.618. The summed E-state index contributed by atoms with van der Waals surface area (Å²) in [6.07, 6.45) is 2.49. The van der Waals surface area contributed by atoms with Gasteiger partial charge >= 0.3 is 0 Å². The van der Waals surface area contributed by atoms with Gasteiger partial charge in [0.05, 0.1) is 22.1 Å². The minimum Gasteiger partial charge on any atom is -0.476 e. The van der Waals surface area contributed by atoms with Crippen molar-refractivity contribution < 1.29 is 26.1 Å². The van der Waals surface area contributed by atoms with Gasteiger partial charge < -0.3 is 24.4 Å². The molecule has 1 unspecified atom stereocenters. The average molecular weight is 397 g/mol. The molecule has 1 aliphatic heterocycles. The molecule has 28 heavy (non-hydrogen) atoms. The molecule has 156 valence electrons. The second-order valence-corrected chi connectivity index (χ2v) is 7.67. The second-order valence-electron chi connectivity index (χ2n) is 7.67. The molecule has 0 radical (unpaired) electrons. The molecule has 1 aromatic heterocycles. The van der Waals surface area contributed by atoms with Crippen molar-refractivity contribution in [1.29, 1.82) is 0 Å². The van der Waals surface area contributed by atoms with E-state index in [1.807, 2.05) is 6.07 Å². The minimum absolute atomic E-state index is 0.164. The Kier molecular flexibility index (Phi) is 6.16. The third-order valence-corrected chi connectivity index (χ3v) is 5.36. The Hall–Kier alpha value is -1.93. The zero-order valence-electron chi connectivity index (χ0n) is 18.6. The lowest BCUT2D eigenvalue weighted by atomic mass is 10.0. The molecule has 7 nitrogen and oxygen atoms in total. The molecule has 0 bridgehead atoms. The fourth-order valence-corrected chi connectivity index (χ4v) is 2.90. The molecule has 1 saturated heterocycles. The smallest absolute Gasteiger partial charge is 0.270 e. The Morgan fingerprint density at radius 1 is 1.43 bits per heavy atom. The number of rotatable bonds is 11. The van der Waals surface area contributed by atoms with Gasteiger partial charge in [-0.3, -0.25) is 4.79 Å². The number of hydrogen-bond acceptors (Lipinski definition) is 6. The number of nitrogens with one attached hydrogen (secondary N) is 1. The van der Waals surface area contributed by atoms with Crippen LogP contribution in [-0.2, 0) is 9.47 Å². The van der Waals surface area contributed by atoms with Crippen LogP contribution in [0.1, 0.15) is 39.9 Å². The normalized spacial score (nSPS) is 20.6. The second kappa shape index (κ2) is 9.52. The van der Waals surface area contributed by atoms with Crippen molar-refractivity contribution in [2.24, 2.45) is 11.8 Å². The predicted octanol–water partition coefficient (Wildman–Crippen LogP) is 2.40. The Morgan fingerprint density at radius 2 is 2.18 bits per heavy atom. The molecule has 1 aromatic rings. The van der Waals surface area contributed by atoms with E-state index in [2.05, 4.69) is 19.9 Å². The molecular formula is C20H30FN3O4. The number of aromatic nitrogens is 1. The summed E-state index contributed by atoms with van der Waals surface area (Å²) in [6, 6.07) is 3.13. The van der Waals surface area contributed by atoms with E-state index in [-0.39, 0.29) is 36.3 Å². The molecule has 2 heterocycles. The van der Waals surface area contributed by atoms with Crippen molar-refractivity contribution in [3.63, 3.8) is 0 Å². The number of methoxy groups -OCH3 is 1. The number of carbonyl (C=O) groups excluding carboxylic acids is 1. The van der Waals surface area contributed by atoms with E-state index < -0.39 is 6.81 Å². The summed E-state index contributed by atoms with van der Waals surface area (Å²) in [6.45, 7) is 2.23. The summed E-state index contributed by atoms with van der Waals surface area (Å²) in [4.78, 5) is 19.2. The molecule has 8 heteroatoms. The number of nitrogens with zero attached hydrogens (tertiary/aromatic N) is 2. The topological polar surface area (TPSA) is 72.9 Å². The molecular weight excluding hydrogens is 365 g/mol. The number of pyridine rings is 1. The summed E-state index contributed by atoms with van der Waals surface area (Å²) in [7, 11) is 1.69. The molecule has 2 atom stereocenters. The molecule has 1 N–H and O–H groups in total. The standard InChI is InChI=1S/C20H30FN3O4/c1-13(10-27-12-21)14(2)22-19(25)17-6-7-18(24-8-16(9-24)26-3)20(23-17)28-11-15-4-5-15/h6-7,13-16H,4-5,8-12H2,1-3H3,(H,22,25)/t13?,14-/m0/s1/i12D2. The van der Waals surface area contributed by atoms with Crippen molar-refractivity contribution in [2.75, 3.05) is 45.1 Å². The van der Waals surface area contributed by atoms with Crippen molar-refractivity contribution in [1.82, 2.24) is 10.3 Å². The first-order valence-corrected chi connectivity index (χ1v) is 9.71. The van der Waals surface area contributed by atoms with E-state index in [4.69, 9.17) is 12.2 Å². The summed E-state index contributed by atoms with van der Waals surface area (Å²) < 4.78 is 42.3. The van der Waals surface area contributed by atoms with Crippen LogP contribution in [0.5, 0.6) is 5.88 Å². The predicted molar refractivity (Wildman–Crippen MR) is 103 cm³/mol. The molecule has 0 spiro atoms. The molecule has 1 amide bonds. The van der Waals surface area contributed by atoms with E-state index in [1.54, 1.807) is 27.0 Å². The maximum Gasteiger partial charge on any atom is 0.270 e. The number of anilines is 1. The summed E-state index contributed by atoms with van der Waals surface area (Å²) in [5.74, 6) is 0.326. The highest BCUT2D eigenvalue weighted by molar-refractivity contribution is 5.93. The SMILES string of the molecule is [2H]C([2H])(F)OCC(C)[C@H](C)NC(=O)c1ccc(N2CC(OC)C2)c(OCC2CC2)n1. The van der Waals surface area contributed by atoms with Crippen molar-refractivity contribution in [3.8, 4) is 5.88 Å². The van der Waals surface area contributed by atoms with Crippen LogP contribution in [0.15, 0.2) is 12.1 Å². The first kappa shape index (κ1) is 18.1. The van der Waals surface area contributed by atoms with Gasteiger partial charge in [0.25, 0.3) is 5.91 Å². The van der Waals surface area contributed by atoms with Gasteiger partial charge in [0.2, 0.25) is 5.88 Å². The summed E-state index contributed by atoms with van der Waals surface area (Å²) in [5, 5.41) is 2.81. The van der Waals surface area contributed by atoms with Gasteiger partial charge in [-0.1, -0.05) is 6.92 Å². The highest BCUT2D eigenvalue weighted by Gasteiger charge is 2.31. The molecule has 1 saturated carbocycles. The first-order chi connectivity index (χ1) is 14.2. The average Bonchev–Trinajstić information content (AvgIpc) is 3.48. The number of ether oxygens (including phenoxy) is 3. The highest BCUT2D eigenvalue weighted by atomic mass is 19.1. The molecule has 1 aliphatic carbocycles. The Balaban J connectivity index is 1.63. The number of halogens is 1. The van der Waals surface area contributed by atoms with Crippen molar-refractivity contribution in [3.05, 3.63) is 17.8 Å². The van der Waals surface area contributed by atoms with Crippen LogP contribution in [0, 0.1) is 11.8 Å². The monoisotopic (exact) mass is 397 g/mol. The van der Waals surface area contributed by atoms with Crippen LogP contribution in [0.25, 0.3) is 0 Å². The van der Waals surface area contributed by atoms with E-state index in [1.165, 1.54) is 0 Å². The fourth-order valence-electron chi connectivity index (χ4n) is 2.90. The van der Waals surface area contributed by atoms with E-state index >= 15 is 0 Å². The van der Waals surface area contributed by atoms with Crippen LogP contribution < -0.4 is 15.0 Å². The van der Waals surface area contributed by atoms with Crippen LogP contribution in [-0.4, -0.2) is 63.3 Å². The number of hydrogen-bond donors (Lipinski definition) is 1. The zero-order valence-corrected chi connectivity index (χ0v) is 16.6. The van der Waals surface area contributed by atoms with Crippen molar-refractivity contribution in [2.45, 2.75) is 38.8 Å². The first-order valence-electron chi connectivity index (χ1n) is 10.7. The van der Waals surface area contributed by atoms with Crippen molar-refractivity contribution >= 4 is 11.6 Å². The third-order valence-electron chi connectivity index (χ3n) is 5.36. The maximum atomic E-state index is 12.9. The van der Waals surface area contributed by atoms with Crippen LogP contribution >= 0.6 is 0 Å². The third kappa shape index (κ3) is 5.32. The van der Waals surface area contributed by atoms with Gasteiger partial charge in [0.15, 0.2) is 6.81 Å². The van der Waals surface area contributed by atoms with E-state index in [0.29, 0.717) is 18.4 Å². The van der Waals surface area contributed by atoms with Gasteiger partial charge in [-0.05, 0) is 43.7 Å². The number of amides is 1. The highest BCUT2D eigenvalue weighted by Crippen LogP contribution is 2.34. The number of carbonyl (C=O) groups is 1. The molecule has 2 fully saturated rings. The van der Waals surface area contributed by atoms with Crippen LogP contribution in [0.3, 0.4) is 0 Å². The Morgan fingerprint density at radius 3 is 2.82 bits per heavy atom.